The molecule has 1 aromatic heterocycles. The second kappa shape index (κ2) is 8.03. The third-order valence-electron chi connectivity index (χ3n) is 5.37. The number of carbonyl (C=O) groups excluding carboxylic acids is 1. The van der Waals surface area contributed by atoms with Crippen molar-refractivity contribution in [1.82, 2.24) is 9.55 Å². The number of halogens is 3. The molecule has 0 bridgehead atoms. The Hall–Kier alpha value is -2.68. The van der Waals surface area contributed by atoms with Gasteiger partial charge < -0.3 is 4.90 Å². The number of aromatic nitrogens is 2. The number of anilines is 1. The number of hydrogen-bond acceptors (Lipinski definition) is 3. The van der Waals surface area contributed by atoms with Gasteiger partial charge in [0, 0.05) is 21.2 Å². The van der Waals surface area contributed by atoms with E-state index in [1.807, 2.05) is 30.3 Å². The number of rotatable bonds is 2. The van der Waals surface area contributed by atoms with E-state index in [0.717, 1.165) is 14.8 Å². The van der Waals surface area contributed by atoms with Gasteiger partial charge in [-0.1, -0.05) is 41.4 Å². The fraction of sp³-hybridized carbons (Fsp3) is 0.0417. The van der Waals surface area contributed by atoms with E-state index < -0.39 is 0 Å². The Morgan fingerprint density at radius 2 is 1.75 bits per heavy atom. The highest BCUT2D eigenvalue weighted by Gasteiger charge is 2.30. The molecule has 0 N–H and O–H groups in total. The number of amides is 1. The fourth-order valence-electron chi connectivity index (χ4n) is 3.83. The maximum atomic E-state index is 13.6. The first kappa shape index (κ1) is 21.2. The van der Waals surface area contributed by atoms with E-state index in [0.29, 0.717) is 38.0 Å². The van der Waals surface area contributed by atoms with Crippen LogP contribution in [0.5, 0.6) is 0 Å². The van der Waals surface area contributed by atoms with Gasteiger partial charge in [0.05, 0.1) is 32.9 Å². The summed E-state index contributed by atoms with van der Waals surface area (Å²) in [7, 11) is 1.72. The number of carbonyl (C=O) groups is 1. The average molecular weight is 574 g/mol. The molecule has 3 aromatic carbocycles. The first-order valence-electron chi connectivity index (χ1n) is 9.62. The SMILES string of the molecule is CN1C(=O)C(=Cc2nc3ccc(I)cc3c(=O)n2-c2ccc(Cl)cc2Cl)c2ccccc21. The zero-order valence-corrected chi connectivity index (χ0v) is 20.3. The van der Waals surface area contributed by atoms with Gasteiger partial charge in [0.2, 0.25) is 0 Å². The Morgan fingerprint density at radius 3 is 2.53 bits per heavy atom. The van der Waals surface area contributed by atoms with Gasteiger partial charge in [0.15, 0.2) is 0 Å². The number of benzene rings is 3. The van der Waals surface area contributed by atoms with Crippen molar-refractivity contribution in [3.05, 3.63) is 96.0 Å². The second-order valence-corrected chi connectivity index (χ2v) is 9.40. The van der Waals surface area contributed by atoms with Crippen molar-refractivity contribution in [1.29, 1.82) is 0 Å². The molecule has 0 aliphatic carbocycles. The highest BCUT2D eigenvalue weighted by Crippen LogP contribution is 2.36. The quantitative estimate of drug-likeness (QED) is 0.224. The molecule has 5 rings (SSSR count). The largest absolute Gasteiger partial charge is 0.311 e. The van der Waals surface area contributed by atoms with E-state index in [4.69, 9.17) is 28.2 Å². The Morgan fingerprint density at radius 1 is 0.969 bits per heavy atom. The van der Waals surface area contributed by atoms with Crippen LogP contribution in [-0.4, -0.2) is 22.5 Å². The molecule has 8 heteroatoms. The highest BCUT2D eigenvalue weighted by molar-refractivity contribution is 14.1. The standard InChI is InChI=1S/C24H14Cl2IN3O2/c1-29-20-5-3-2-4-15(20)16(23(29)31)12-22-28-19-8-7-14(27)11-17(19)24(32)30(22)21-9-6-13(25)10-18(21)26/h2-12H,1H3. The van der Waals surface area contributed by atoms with Crippen molar-refractivity contribution >= 4 is 79.9 Å². The summed E-state index contributed by atoms with van der Waals surface area (Å²) in [4.78, 5) is 32.9. The summed E-state index contributed by atoms with van der Waals surface area (Å²) >= 11 is 14.7. The normalized spacial score (nSPS) is 14.4. The summed E-state index contributed by atoms with van der Waals surface area (Å²) < 4.78 is 2.34. The minimum Gasteiger partial charge on any atom is -0.311 e. The monoisotopic (exact) mass is 573 g/mol. The number of fused-ring (bicyclic) bond motifs is 2. The van der Waals surface area contributed by atoms with E-state index in [1.54, 1.807) is 48.4 Å². The summed E-state index contributed by atoms with van der Waals surface area (Å²) in [6.07, 6.45) is 1.65. The predicted molar refractivity (Wildman–Crippen MR) is 138 cm³/mol. The van der Waals surface area contributed by atoms with Crippen LogP contribution in [0.15, 0.2) is 65.5 Å². The zero-order valence-electron chi connectivity index (χ0n) is 16.6. The zero-order chi connectivity index (χ0) is 22.6. The fourth-order valence-corrected chi connectivity index (χ4v) is 4.82. The number of likely N-dealkylation sites (N-methyl/N-ethyl adjacent to an activating group) is 1. The van der Waals surface area contributed by atoms with Crippen molar-refractivity contribution < 1.29 is 4.79 Å². The second-order valence-electron chi connectivity index (χ2n) is 7.31. The molecule has 0 saturated heterocycles. The van der Waals surface area contributed by atoms with E-state index >= 15 is 0 Å². The van der Waals surface area contributed by atoms with Gasteiger partial charge in [0.1, 0.15) is 5.82 Å². The molecule has 158 valence electrons. The van der Waals surface area contributed by atoms with Crippen LogP contribution in [0, 0.1) is 3.57 Å². The van der Waals surface area contributed by atoms with Gasteiger partial charge in [-0.3, -0.25) is 14.2 Å². The van der Waals surface area contributed by atoms with E-state index in [9.17, 15) is 9.59 Å². The molecular weight excluding hydrogens is 560 g/mol. The molecule has 0 radical (unpaired) electrons. The number of para-hydroxylation sites is 1. The first-order valence-corrected chi connectivity index (χ1v) is 11.5. The van der Waals surface area contributed by atoms with Gasteiger partial charge in [0.25, 0.3) is 11.5 Å². The van der Waals surface area contributed by atoms with E-state index in [-0.39, 0.29) is 11.5 Å². The maximum Gasteiger partial charge on any atom is 0.266 e. The van der Waals surface area contributed by atoms with Crippen LogP contribution < -0.4 is 10.5 Å². The Bertz CT molecular complexity index is 1530. The summed E-state index contributed by atoms with van der Waals surface area (Å²) in [6.45, 7) is 0. The van der Waals surface area contributed by atoms with Gasteiger partial charge in [-0.15, -0.1) is 0 Å². The molecule has 1 aliphatic rings. The summed E-state index contributed by atoms with van der Waals surface area (Å²) in [5, 5.41) is 1.22. The topological polar surface area (TPSA) is 55.2 Å². The van der Waals surface area contributed by atoms with Crippen LogP contribution in [0.2, 0.25) is 10.0 Å². The smallest absolute Gasteiger partial charge is 0.266 e. The number of hydrogen-bond donors (Lipinski definition) is 0. The minimum atomic E-state index is -0.281. The molecule has 4 aromatic rings. The van der Waals surface area contributed by atoms with Crippen molar-refractivity contribution in [3.8, 4) is 5.69 Å². The molecule has 2 heterocycles. The van der Waals surface area contributed by atoms with Gasteiger partial charge in [-0.25, -0.2) is 4.98 Å². The van der Waals surface area contributed by atoms with Crippen molar-refractivity contribution in [2.45, 2.75) is 0 Å². The molecule has 0 saturated carbocycles. The lowest BCUT2D eigenvalue weighted by atomic mass is 10.1. The van der Waals surface area contributed by atoms with E-state index in [2.05, 4.69) is 22.6 Å². The molecule has 0 atom stereocenters. The van der Waals surface area contributed by atoms with Gasteiger partial charge in [-0.2, -0.15) is 0 Å². The summed E-state index contributed by atoms with van der Waals surface area (Å²) in [6, 6.07) is 17.9. The Labute approximate surface area is 207 Å². The summed E-state index contributed by atoms with van der Waals surface area (Å²) in [5.74, 6) is 0.137. The van der Waals surface area contributed by atoms with Gasteiger partial charge >= 0.3 is 0 Å². The summed E-state index contributed by atoms with van der Waals surface area (Å²) in [5.41, 5.74) is 2.74. The molecule has 32 heavy (non-hydrogen) atoms. The lowest BCUT2D eigenvalue weighted by Crippen LogP contribution is -2.24. The number of nitrogens with zero attached hydrogens (tertiary/aromatic N) is 3. The lowest BCUT2D eigenvalue weighted by molar-refractivity contribution is -0.112. The van der Waals surface area contributed by atoms with Crippen molar-refractivity contribution in [3.63, 3.8) is 0 Å². The predicted octanol–water partition coefficient (Wildman–Crippen LogP) is 5.81. The Balaban J connectivity index is 1.86. The van der Waals surface area contributed by atoms with Crippen molar-refractivity contribution in [2.75, 3.05) is 11.9 Å². The van der Waals surface area contributed by atoms with Crippen LogP contribution in [0.25, 0.3) is 28.2 Å². The first-order chi connectivity index (χ1) is 15.3. The molecule has 0 spiro atoms. The van der Waals surface area contributed by atoms with Gasteiger partial charge in [-0.05, 0) is 71.1 Å². The molecular formula is C24H14Cl2IN3O2. The van der Waals surface area contributed by atoms with Crippen LogP contribution in [0.1, 0.15) is 11.4 Å². The average Bonchev–Trinajstić information content (AvgIpc) is 3.01. The Kier molecular flexibility index (Phi) is 5.31. The van der Waals surface area contributed by atoms with Crippen molar-refractivity contribution in [2.24, 2.45) is 0 Å². The van der Waals surface area contributed by atoms with Crippen LogP contribution >= 0.6 is 45.8 Å². The minimum absolute atomic E-state index is 0.170. The van der Waals surface area contributed by atoms with Crippen LogP contribution in [-0.2, 0) is 4.79 Å². The van der Waals surface area contributed by atoms with Crippen LogP contribution in [0.4, 0.5) is 5.69 Å². The molecule has 0 fully saturated rings. The molecule has 1 amide bonds. The lowest BCUT2D eigenvalue weighted by Gasteiger charge is -2.14. The molecule has 1 aliphatic heterocycles. The highest BCUT2D eigenvalue weighted by atomic mass is 127. The van der Waals surface area contributed by atoms with Crippen LogP contribution in [0.3, 0.4) is 0 Å². The third-order valence-corrected chi connectivity index (χ3v) is 6.58. The molecule has 0 unspecified atom stereocenters. The van der Waals surface area contributed by atoms with E-state index in [1.165, 1.54) is 4.57 Å². The maximum absolute atomic E-state index is 13.6. The molecule has 5 nitrogen and oxygen atoms in total. The third kappa shape index (κ3) is 3.43.